The molecule has 6 nitrogen and oxygen atoms in total. The van der Waals surface area contributed by atoms with Gasteiger partial charge in [-0.05, 0) is 28.1 Å². The average molecular weight is 303 g/mol. The maximum absolute atomic E-state index is 10.6. The van der Waals surface area contributed by atoms with Gasteiger partial charge in [-0.15, -0.1) is 0 Å². The SMILES string of the molecule is COc1cc(/C=N/O)cc(Br)c1OCC(N)=O. The molecule has 0 unspecified atom stereocenters. The molecule has 0 saturated carbocycles. The Bertz CT molecular complexity index is 448. The second-order valence-electron chi connectivity index (χ2n) is 3.03. The zero-order valence-corrected chi connectivity index (χ0v) is 10.6. The van der Waals surface area contributed by atoms with E-state index in [2.05, 4.69) is 21.1 Å². The molecule has 92 valence electrons. The van der Waals surface area contributed by atoms with Crippen LogP contribution in [0.2, 0.25) is 0 Å². The highest BCUT2D eigenvalue weighted by molar-refractivity contribution is 9.10. The van der Waals surface area contributed by atoms with E-state index < -0.39 is 5.91 Å². The van der Waals surface area contributed by atoms with E-state index in [1.807, 2.05) is 0 Å². The summed E-state index contributed by atoms with van der Waals surface area (Å²) in [6.45, 7) is -0.248. The number of ether oxygens (including phenoxy) is 2. The normalized spacial score (nSPS) is 10.5. The summed E-state index contributed by atoms with van der Waals surface area (Å²) in [4.78, 5) is 10.6. The lowest BCUT2D eigenvalue weighted by molar-refractivity contribution is -0.119. The summed E-state index contributed by atoms with van der Waals surface area (Å²) in [6.07, 6.45) is 1.24. The molecule has 0 heterocycles. The number of hydrogen-bond acceptors (Lipinski definition) is 5. The third-order valence-corrected chi connectivity index (χ3v) is 2.41. The zero-order valence-electron chi connectivity index (χ0n) is 9.01. The Morgan fingerprint density at radius 1 is 1.65 bits per heavy atom. The van der Waals surface area contributed by atoms with E-state index in [0.717, 1.165) is 0 Å². The van der Waals surface area contributed by atoms with Gasteiger partial charge >= 0.3 is 0 Å². The third kappa shape index (κ3) is 3.63. The van der Waals surface area contributed by atoms with Gasteiger partial charge in [0.25, 0.3) is 5.91 Å². The number of halogens is 1. The molecule has 0 fully saturated rings. The largest absolute Gasteiger partial charge is 0.493 e. The number of hydrogen-bond donors (Lipinski definition) is 2. The predicted octanol–water partition coefficient (Wildman–Crippen LogP) is 1.13. The number of benzene rings is 1. The molecule has 0 aliphatic heterocycles. The first kappa shape index (κ1) is 13.3. The van der Waals surface area contributed by atoms with Crippen LogP contribution in [-0.2, 0) is 4.79 Å². The Morgan fingerprint density at radius 2 is 2.35 bits per heavy atom. The van der Waals surface area contributed by atoms with E-state index in [0.29, 0.717) is 21.5 Å². The second kappa shape index (κ2) is 6.09. The maximum atomic E-state index is 10.6. The van der Waals surface area contributed by atoms with Gasteiger partial charge in [0, 0.05) is 5.56 Å². The van der Waals surface area contributed by atoms with Crippen LogP contribution in [0.15, 0.2) is 21.8 Å². The lowest BCUT2D eigenvalue weighted by Gasteiger charge is -2.12. The van der Waals surface area contributed by atoms with Crippen molar-refractivity contribution in [1.82, 2.24) is 0 Å². The van der Waals surface area contributed by atoms with Crippen LogP contribution < -0.4 is 15.2 Å². The molecule has 0 radical (unpaired) electrons. The van der Waals surface area contributed by atoms with Crippen molar-refractivity contribution in [2.24, 2.45) is 10.9 Å². The van der Waals surface area contributed by atoms with Crippen molar-refractivity contribution in [2.75, 3.05) is 13.7 Å². The number of nitrogens with two attached hydrogens (primary N) is 1. The van der Waals surface area contributed by atoms with Crippen LogP contribution in [0.25, 0.3) is 0 Å². The number of rotatable bonds is 5. The molecule has 17 heavy (non-hydrogen) atoms. The first-order valence-electron chi connectivity index (χ1n) is 4.54. The van der Waals surface area contributed by atoms with Gasteiger partial charge in [0.05, 0.1) is 17.8 Å². The first-order valence-corrected chi connectivity index (χ1v) is 5.34. The molecule has 0 saturated heterocycles. The van der Waals surface area contributed by atoms with Gasteiger partial charge in [0.2, 0.25) is 0 Å². The summed E-state index contributed by atoms with van der Waals surface area (Å²) in [5, 5.41) is 11.4. The second-order valence-corrected chi connectivity index (χ2v) is 3.89. The van der Waals surface area contributed by atoms with Crippen molar-refractivity contribution in [3.8, 4) is 11.5 Å². The van der Waals surface area contributed by atoms with Gasteiger partial charge in [-0.1, -0.05) is 5.16 Å². The van der Waals surface area contributed by atoms with Crippen LogP contribution in [0.1, 0.15) is 5.56 Å². The molecule has 0 aromatic heterocycles. The Hall–Kier alpha value is -1.76. The highest BCUT2D eigenvalue weighted by Gasteiger charge is 2.12. The molecular formula is C10H11BrN2O4. The molecule has 0 atom stereocenters. The topological polar surface area (TPSA) is 94.1 Å². The molecule has 1 amide bonds. The minimum atomic E-state index is -0.583. The number of amides is 1. The van der Waals surface area contributed by atoms with Crippen molar-refractivity contribution in [3.63, 3.8) is 0 Å². The van der Waals surface area contributed by atoms with Crippen molar-refractivity contribution < 1.29 is 19.5 Å². The molecule has 0 aliphatic rings. The van der Waals surface area contributed by atoms with E-state index in [9.17, 15) is 4.79 Å². The summed E-state index contributed by atoms with van der Waals surface area (Å²) >= 11 is 3.26. The highest BCUT2D eigenvalue weighted by atomic mass is 79.9. The summed E-state index contributed by atoms with van der Waals surface area (Å²) < 4.78 is 10.9. The molecule has 0 bridgehead atoms. The van der Waals surface area contributed by atoms with E-state index in [1.54, 1.807) is 12.1 Å². The Labute approximate surface area is 106 Å². The number of nitrogens with zero attached hydrogens (tertiary/aromatic N) is 1. The summed E-state index contributed by atoms with van der Waals surface area (Å²) in [5.41, 5.74) is 5.60. The number of methoxy groups -OCH3 is 1. The quantitative estimate of drug-likeness (QED) is 0.484. The van der Waals surface area contributed by atoms with Crippen molar-refractivity contribution in [1.29, 1.82) is 0 Å². The number of oxime groups is 1. The third-order valence-electron chi connectivity index (χ3n) is 1.82. The average Bonchev–Trinajstić information content (AvgIpc) is 2.27. The smallest absolute Gasteiger partial charge is 0.255 e. The molecule has 1 aromatic rings. The van der Waals surface area contributed by atoms with E-state index >= 15 is 0 Å². The van der Waals surface area contributed by atoms with Crippen LogP contribution in [0.5, 0.6) is 11.5 Å². The minimum Gasteiger partial charge on any atom is -0.493 e. The monoisotopic (exact) mass is 302 g/mol. The maximum Gasteiger partial charge on any atom is 0.255 e. The Balaban J connectivity index is 3.07. The summed E-state index contributed by atoms with van der Waals surface area (Å²) in [7, 11) is 1.46. The standard InChI is InChI=1S/C10H11BrN2O4/c1-16-8-3-6(4-13-15)2-7(11)10(8)17-5-9(12)14/h2-4,15H,5H2,1H3,(H2,12,14)/b13-4+. The Morgan fingerprint density at radius 3 is 2.88 bits per heavy atom. The van der Waals surface area contributed by atoms with E-state index in [1.165, 1.54) is 13.3 Å². The lowest BCUT2D eigenvalue weighted by Crippen LogP contribution is -2.20. The number of carbonyl (C=O) groups excluding carboxylic acids is 1. The molecular weight excluding hydrogens is 292 g/mol. The van der Waals surface area contributed by atoms with Crippen LogP contribution in [0, 0.1) is 0 Å². The molecule has 1 rings (SSSR count). The van der Waals surface area contributed by atoms with Gasteiger partial charge < -0.3 is 20.4 Å². The molecule has 7 heteroatoms. The fourth-order valence-electron chi connectivity index (χ4n) is 1.16. The summed E-state index contributed by atoms with van der Waals surface area (Å²) in [5.74, 6) is 0.178. The van der Waals surface area contributed by atoms with Crippen LogP contribution in [0.4, 0.5) is 0 Å². The minimum absolute atomic E-state index is 0.248. The predicted molar refractivity (Wildman–Crippen MR) is 64.8 cm³/mol. The Kier molecular flexibility index (Phi) is 4.77. The van der Waals surface area contributed by atoms with Crippen LogP contribution >= 0.6 is 15.9 Å². The molecule has 0 spiro atoms. The van der Waals surface area contributed by atoms with Crippen molar-refractivity contribution in [3.05, 3.63) is 22.2 Å². The number of carbonyl (C=O) groups is 1. The van der Waals surface area contributed by atoms with Gasteiger partial charge in [0.1, 0.15) is 0 Å². The van der Waals surface area contributed by atoms with Gasteiger partial charge in [-0.2, -0.15) is 0 Å². The van der Waals surface area contributed by atoms with E-state index in [-0.39, 0.29) is 6.61 Å². The molecule has 3 N–H and O–H groups in total. The fourth-order valence-corrected chi connectivity index (χ4v) is 1.74. The van der Waals surface area contributed by atoms with Crippen molar-refractivity contribution >= 4 is 28.1 Å². The van der Waals surface area contributed by atoms with Crippen LogP contribution in [-0.4, -0.2) is 31.0 Å². The van der Waals surface area contributed by atoms with E-state index in [4.69, 9.17) is 20.4 Å². The lowest BCUT2D eigenvalue weighted by atomic mass is 10.2. The highest BCUT2D eigenvalue weighted by Crippen LogP contribution is 2.36. The first-order chi connectivity index (χ1) is 8.08. The zero-order chi connectivity index (χ0) is 12.8. The van der Waals surface area contributed by atoms with Crippen LogP contribution in [0.3, 0.4) is 0 Å². The van der Waals surface area contributed by atoms with Crippen molar-refractivity contribution in [2.45, 2.75) is 0 Å². The summed E-state index contributed by atoms with van der Waals surface area (Å²) in [6, 6.07) is 3.25. The molecule has 0 aliphatic carbocycles. The van der Waals surface area contributed by atoms with Gasteiger partial charge in [-0.25, -0.2) is 0 Å². The molecule has 1 aromatic carbocycles. The number of primary amides is 1. The van der Waals surface area contributed by atoms with Gasteiger partial charge in [0.15, 0.2) is 18.1 Å². The fraction of sp³-hybridized carbons (Fsp3) is 0.200. The van der Waals surface area contributed by atoms with Gasteiger partial charge in [-0.3, -0.25) is 4.79 Å².